The molecule has 2 aromatic heterocycles. The fraction of sp³-hybridized carbons (Fsp3) is 0.417. The second-order valence-electron chi connectivity index (χ2n) is 9.06. The Morgan fingerprint density at radius 3 is 2.83 bits per heavy atom. The molecule has 1 aliphatic carbocycles. The molecule has 3 heterocycles. The number of halogens is 2. The Morgan fingerprint density at radius 2 is 2.14 bits per heavy atom. The van der Waals surface area contributed by atoms with Gasteiger partial charge in [0.15, 0.2) is 11.0 Å². The Labute approximate surface area is 212 Å². The third kappa shape index (κ3) is 5.30. The molecule has 10 nitrogen and oxygen atoms in total. The Kier molecular flexibility index (Phi) is 7.21. The van der Waals surface area contributed by atoms with Gasteiger partial charge >= 0.3 is 0 Å². The van der Waals surface area contributed by atoms with Gasteiger partial charge in [0.2, 0.25) is 11.8 Å². The molecule has 2 fully saturated rings. The minimum atomic E-state index is -0.687. The zero-order valence-corrected chi connectivity index (χ0v) is 20.7. The second kappa shape index (κ2) is 10.2. The van der Waals surface area contributed by atoms with Crippen molar-refractivity contribution in [3.05, 3.63) is 52.5 Å². The number of nitrogens with two attached hydrogens (primary N) is 1. The summed E-state index contributed by atoms with van der Waals surface area (Å²) in [5.74, 6) is -1.43. The summed E-state index contributed by atoms with van der Waals surface area (Å²) in [6.07, 6.45) is 6.12. The number of aryl methyl sites for hydroxylation is 1. The zero-order chi connectivity index (χ0) is 26.0. The van der Waals surface area contributed by atoms with E-state index in [9.17, 15) is 14.0 Å². The molecule has 1 spiro atoms. The van der Waals surface area contributed by atoms with E-state index in [4.69, 9.17) is 27.5 Å². The van der Waals surface area contributed by atoms with Crippen LogP contribution < -0.4 is 15.8 Å². The molecule has 190 valence electrons. The largest absolute Gasteiger partial charge is 0.481 e. The summed E-state index contributed by atoms with van der Waals surface area (Å²) in [5, 5.41) is 11.4. The molecule has 4 N–H and O–H groups in total. The molecular formula is C24H27ClFN7O3. The number of aromatic nitrogens is 3. The molecule has 1 saturated heterocycles. The predicted molar refractivity (Wildman–Crippen MR) is 131 cm³/mol. The highest BCUT2D eigenvalue weighted by Crippen LogP contribution is 2.50. The van der Waals surface area contributed by atoms with E-state index in [2.05, 4.69) is 20.3 Å². The van der Waals surface area contributed by atoms with Crippen molar-refractivity contribution in [3.8, 4) is 5.88 Å². The van der Waals surface area contributed by atoms with Crippen LogP contribution in [-0.4, -0.2) is 56.6 Å². The highest BCUT2D eigenvalue weighted by molar-refractivity contribution is 6.43. The van der Waals surface area contributed by atoms with Crippen molar-refractivity contribution in [1.82, 2.24) is 25.2 Å². The van der Waals surface area contributed by atoms with Crippen LogP contribution >= 0.6 is 11.6 Å². The quantitative estimate of drug-likeness (QED) is 0.479. The highest BCUT2D eigenvalue weighted by Gasteiger charge is 2.54. The van der Waals surface area contributed by atoms with Gasteiger partial charge in [0.05, 0.1) is 31.2 Å². The van der Waals surface area contributed by atoms with Crippen LogP contribution in [0.4, 0.5) is 4.39 Å². The number of hydrogen-bond acceptors (Lipinski definition) is 8. The monoisotopic (exact) mass is 515 g/mol. The smallest absolute Gasteiger partial charge is 0.272 e. The van der Waals surface area contributed by atoms with Gasteiger partial charge in [-0.3, -0.25) is 20.0 Å². The SMILES string of the molecule is COc1cc(/C(N)=C/C(=N)C(=O)N2CC[C@H](C(=O)NCc3nc(C)cnc3Cl)CC23CC3)c(F)cn1. The van der Waals surface area contributed by atoms with Crippen LogP contribution in [0.1, 0.15) is 42.6 Å². The molecule has 2 aliphatic rings. The lowest BCUT2D eigenvalue weighted by atomic mass is 9.87. The molecule has 0 unspecified atom stereocenters. The number of ether oxygens (including phenoxy) is 1. The fourth-order valence-corrected chi connectivity index (χ4v) is 4.64. The number of likely N-dealkylation sites (tertiary alicyclic amines) is 1. The first-order valence-corrected chi connectivity index (χ1v) is 11.8. The maximum absolute atomic E-state index is 14.2. The maximum atomic E-state index is 14.2. The van der Waals surface area contributed by atoms with Gasteiger partial charge in [0, 0.05) is 41.5 Å². The Bertz CT molecular complexity index is 1250. The van der Waals surface area contributed by atoms with Gasteiger partial charge in [-0.25, -0.2) is 14.4 Å². The molecule has 36 heavy (non-hydrogen) atoms. The van der Waals surface area contributed by atoms with Crippen LogP contribution in [0.5, 0.6) is 5.88 Å². The van der Waals surface area contributed by atoms with E-state index >= 15 is 0 Å². The normalized spacial score (nSPS) is 18.6. The van der Waals surface area contributed by atoms with Gasteiger partial charge in [0.25, 0.3) is 5.91 Å². The number of pyridine rings is 1. The first-order chi connectivity index (χ1) is 17.1. The molecule has 1 atom stereocenters. The van der Waals surface area contributed by atoms with Crippen LogP contribution in [0, 0.1) is 24.1 Å². The highest BCUT2D eigenvalue weighted by atomic mass is 35.5. The molecule has 12 heteroatoms. The lowest BCUT2D eigenvalue weighted by molar-refractivity contribution is -0.135. The average Bonchev–Trinajstić information content (AvgIpc) is 3.63. The number of hydrogen-bond donors (Lipinski definition) is 3. The Balaban J connectivity index is 1.39. The third-order valence-electron chi connectivity index (χ3n) is 6.57. The van der Waals surface area contributed by atoms with Crippen LogP contribution in [0.2, 0.25) is 5.15 Å². The van der Waals surface area contributed by atoms with Gasteiger partial charge in [-0.2, -0.15) is 0 Å². The summed E-state index contributed by atoms with van der Waals surface area (Å²) in [6.45, 7) is 2.29. The van der Waals surface area contributed by atoms with E-state index in [-0.39, 0.29) is 46.4 Å². The molecule has 0 radical (unpaired) electrons. The van der Waals surface area contributed by atoms with Gasteiger partial charge < -0.3 is 20.7 Å². The molecule has 4 rings (SSSR count). The van der Waals surface area contributed by atoms with Crippen LogP contribution in [0.3, 0.4) is 0 Å². The van der Waals surface area contributed by atoms with E-state index in [1.54, 1.807) is 18.0 Å². The number of methoxy groups -OCH3 is 1. The van der Waals surface area contributed by atoms with Crippen LogP contribution in [-0.2, 0) is 16.1 Å². The van der Waals surface area contributed by atoms with Crippen LogP contribution in [0.15, 0.2) is 24.5 Å². The van der Waals surface area contributed by atoms with Crippen molar-refractivity contribution < 1.29 is 18.7 Å². The average molecular weight is 516 g/mol. The van der Waals surface area contributed by atoms with Crippen molar-refractivity contribution in [1.29, 1.82) is 5.41 Å². The maximum Gasteiger partial charge on any atom is 0.272 e. The first kappa shape index (κ1) is 25.5. The molecule has 0 aromatic carbocycles. The van der Waals surface area contributed by atoms with Crippen molar-refractivity contribution >= 4 is 34.8 Å². The van der Waals surface area contributed by atoms with Crippen molar-refractivity contribution in [2.75, 3.05) is 13.7 Å². The summed E-state index contributed by atoms with van der Waals surface area (Å²) in [4.78, 5) is 39.7. The van der Waals surface area contributed by atoms with Gasteiger partial charge in [0.1, 0.15) is 5.71 Å². The lowest BCUT2D eigenvalue weighted by Crippen LogP contribution is -2.52. The number of rotatable bonds is 7. The van der Waals surface area contributed by atoms with E-state index in [0.717, 1.165) is 25.1 Å². The predicted octanol–water partition coefficient (Wildman–Crippen LogP) is 2.39. The van der Waals surface area contributed by atoms with Crippen molar-refractivity contribution in [3.63, 3.8) is 0 Å². The van der Waals surface area contributed by atoms with E-state index in [1.165, 1.54) is 13.2 Å². The molecule has 0 bridgehead atoms. The summed E-state index contributed by atoms with van der Waals surface area (Å²) in [5.41, 5.74) is 6.29. The summed E-state index contributed by atoms with van der Waals surface area (Å²) in [7, 11) is 1.39. The third-order valence-corrected chi connectivity index (χ3v) is 6.88. The summed E-state index contributed by atoms with van der Waals surface area (Å²) >= 11 is 6.07. The minimum absolute atomic E-state index is 0.00526. The van der Waals surface area contributed by atoms with Gasteiger partial charge in [-0.15, -0.1) is 0 Å². The number of nitrogens with one attached hydrogen (secondary N) is 2. The standard InChI is InChI=1S/C24H27ClFN7O3/c1-13-10-30-21(25)19(32-13)12-31-22(34)14-3-6-33(24(9-14)4-5-24)23(35)18(28)8-17(27)15-7-20(36-2)29-11-16(15)26/h7-8,10-11,14,28H,3-6,9,12,27H2,1-2H3,(H,31,34)/b17-8-,28-18?/t14-/m0/s1. The summed E-state index contributed by atoms with van der Waals surface area (Å²) < 4.78 is 19.2. The van der Waals surface area contributed by atoms with E-state index in [1.807, 2.05) is 0 Å². The molecule has 2 amide bonds. The van der Waals surface area contributed by atoms with Gasteiger partial charge in [-0.05, 0) is 38.7 Å². The lowest BCUT2D eigenvalue weighted by Gasteiger charge is -2.39. The summed E-state index contributed by atoms with van der Waals surface area (Å²) in [6, 6.07) is 1.31. The Hall–Kier alpha value is -3.60. The number of carbonyl (C=O) groups excluding carboxylic acids is 2. The van der Waals surface area contributed by atoms with E-state index in [0.29, 0.717) is 30.8 Å². The first-order valence-electron chi connectivity index (χ1n) is 11.5. The number of nitrogens with zero attached hydrogens (tertiary/aromatic N) is 4. The van der Waals surface area contributed by atoms with Crippen LogP contribution in [0.25, 0.3) is 5.70 Å². The number of piperidine rings is 1. The fourth-order valence-electron chi connectivity index (χ4n) is 4.48. The van der Waals surface area contributed by atoms with Crippen molar-refractivity contribution in [2.24, 2.45) is 11.7 Å². The zero-order valence-electron chi connectivity index (χ0n) is 20.0. The van der Waals surface area contributed by atoms with Crippen molar-refractivity contribution in [2.45, 2.75) is 44.7 Å². The van der Waals surface area contributed by atoms with Gasteiger partial charge in [-0.1, -0.05) is 11.6 Å². The molecular weight excluding hydrogens is 489 g/mol. The second-order valence-corrected chi connectivity index (χ2v) is 9.42. The minimum Gasteiger partial charge on any atom is -0.481 e. The topological polar surface area (TPSA) is 147 Å². The number of amides is 2. The Morgan fingerprint density at radius 1 is 1.39 bits per heavy atom. The van der Waals surface area contributed by atoms with E-state index < -0.39 is 17.3 Å². The molecule has 2 aromatic rings. The molecule has 1 aliphatic heterocycles. The number of carbonyl (C=O) groups is 2. The molecule has 1 saturated carbocycles.